The number of nitrogens with one attached hydrogen (secondary N) is 1. The molecule has 2 amide bonds. The van der Waals surface area contributed by atoms with Crippen LogP contribution in [0.25, 0.3) is 0 Å². The highest BCUT2D eigenvalue weighted by atomic mass is 79.9. The molecule has 3 fully saturated rings. The Kier molecular flexibility index (Phi) is 4.90. The van der Waals surface area contributed by atoms with E-state index in [4.69, 9.17) is 0 Å². The average molecular weight is 584 g/mol. The lowest BCUT2D eigenvalue weighted by molar-refractivity contribution is -0.384. The topological polar surface area (TPSA) is 113 Å². The number of halogens is 1. The first-order chi connectivity index (χ1) is 17.3. The Balaban J connectivity index is 1.29. The molecule has 0 spiro atoms. The van der Waals surface area contributed by atoms with E-state index >= 15 is 0 Å². The number of hydrogen-bond donors (Lipinski definition) is 1. The minimum Gasteiger partial charge on any atom is -0.307 e. The molecular formula is C25H18BrN3O5S2. The van der Waals surface area contributed by atoms with Crippen LogP contribution < -0.4 is 9.77 Å². The number of imide groups is 1. The van der Waals surface area contributed by atoms with E-state index < -0.39 is 16.8 Å². The zero-order valence-electron chi connectivity index (χ0n) is 18.5. The average Bonchev–Trinajstić information content (AvgIpc) is 3.58. The maximum atomic E-state index is 13.7. The number of hydrogen-bond acceptors (Lipinski definition) is 7. The summed E-state index contributed by atoms with van der Waals surface area (Å²) in [6, 6.07) is 13.7. The Bertz CT molecular complexity index is 1500. The van der Waals surface area contributed by atoms with Gasteiger partial charge in [0.15, 0.2) is 0 Å². The van der Waals surface area contributed by atoms with Gasteiger partial charge >= 0.3 is 4.87 Å². The van der Waals surface area contributed by atoms with Crippen molar-refractivity contribution in [1.29, 1.82) is 0 Å². The Morgan fingerprint density at radius 3 is 2.31 bits per heavy atom. The summed E-state index contributed by atoms with van der Waals surface area (Å²) in [7, 11) is 0. The molecule has 1 aromatic heterocycles. The number of anilines is 1. The van der Waals surface area contributed by atoms with Crippen LogP contribution >= 0.6 is 39.0 Å². The van der Waals surface area contributed by atoms with Crippen LogP contribution in [0.3, 0.4) is 0 Å². The molecule has 2 bridgehead atoms. The largest absolute Gasteiger partial charge is 0.307 e. The number of aromatic amines is 1. The molecule has 2 aliphatic heterocycles. The minimum absolute atomic E-state index is 0.0180. The number of amides is 2. The molecule has 1 N–H and O–H groups in total. The van der Waals surface area contributed by atoms with Crippen LogP contribution in [0.4, 0.5) is 11.4 Å². The summed E-state index contributed by atoms with van der Waals surface area (Å²) >= 11 is 6.40. The number of nitro benzene ring substituents is 1. The van der Waals surface area contributed by atoms with Crippen LogP contribution in [0.1, 0.15) is 22.8 Å². The van der Waals surface area contributed by atoms with Gasteiger partial charge in [-0.25, -0.2) is 0 Å². The van der Waals surface area contributed by atoms with Crippen LogP contribution in [-0.2, 0) is 9.59 Å². The van der Waals surface area contributed by atoms with E-state index in [0.29, 0.717) is 5.69 Å². The first kappa shape index (κ1) is 22.4. The minimum atomic E-state index is -0.500. The van der Waals surface area contributed by atoms with Gasteiger partial charge in [0.05, 0.1) is 27.5 Å². The molecule has 1 saturated heterocycles. The smallest absolute Gasteiger partial charge is 0.305 e. The highest BCUT2D eigenvalue weighted by Gasteiger charge is 2.69. The van der Waals surface area contributed by atoms with Crippen molar-refractivity contribution in [3.05, 3.63) is 83.2 Å². The predicted octanol–water partition coefficient (Wildman–Crippen LogP) is 4.79. The molecule has 7 rings (SSSR count). The molecule has 3 heterocycles. The molecule has 4 aliphatic rings. The summed E-state index contributed by atoms with van der Waals surface area (Å²) in [6.45, 7) is 0. The fraction of sp³-hybridized carbons (Fsp3) is 0.320. The van der Waals surface area contributed by atoms with Gasteiger partial charge in [0, 0.05) is 32.7 Å². The Morgan fingerprint density at radius 1 is 0.972 bits per heavy atom. The molecule has 0 radical (unpaired) electrons. The molecule has 7 atom stereocenters. The second kappa shape index (κ2) is 7.87. The van der Waals surface area contributed by atoms with E-state index in [2.05, 4.69) is 33.0 Å². The first-order valence-electron chi connectivity index (χ1n) is 11.6. The van der Waals surface area contributed by atoms with Crippen molar-refractivity contribution in [2.24, 2.45) is 29.6 Å². The standard InChI is InChI=1S/C25H18BrN3O5S2/c26-11-3-1-10(2-4-11)16-17-14-9-15(20(17)35-22-21(16)36-25(32)27-22)19-18(14)23(30)28(24(19)31)12-5-7-13(8-6-12)29(33)34/h1-8,14-20H,9H2,(H,27,32)/t14-,15-,16+,17+,18+,19+,20-/m1/s1. The van der Waals surface area contributed by atoms with Crippen LogP contribution in [0.2, 0.25) is 0 Å². The zero-order valence-corrected chi connectivity index (χ0v) is 21.7. The van der Waals surface area contributed by atoms with Gasteiger partial charge in [0.25, 0.3) is 5.69 Å². The normalized spacial score (nSPS) is 31.9. The summed E-state index contributed by atoms with van der Waals surface area (Å²) in [5.74, 6) is -1.06. The molecule has 2 aliphatic carbocycles. The molecule has 182 valence electrons. The highest BCUT2D eigenvalue weighted by Crippen LogP contribution is 2.68. The summed E-state index contributed by atoms with van der Waals surface area (Å²) in [5.41, 5.74) is 1.41. The number of rotatable bonds is 3. The molecule has 2 aromatic carbocycles. The second-order valence-electron chi connectivity index (χ2n) is 9.80. The van der Waals surface area contributed by atoms with Crippen LogP contribution in [0, 0.1) is 39.7 Å². The Labute approximate surface area is 221 Å². The van der Waals surface area contributed by atoms with Gasteiger partial charge in [-0.3, -0.25) is 29.4 Å². The van der Waals surface area contributed by atoms with E-state index in [1.165, 1.54) is 40.5 Å². The number of non-ortho nitro benzene ring substituents is 1. The molecule has 3 aromatic rings. The van der Waals surface area contributed by atoms with E-state index in [-0.39, 0.29) is 51.3 Å². The number of benzene rings is 2. The number of aromatic nitrogens is 1. The lowest BCUT2D eigenvalue weighted by atomic mass is 9.68. The number of nitrogens with zero attached hydrogens (tertiary/aromatic N) is 2. The SMILES string of the molecule is O=C1[C@H]2[C@H]3C[C@@H]([C@@H]2C(=O)N1c1ccc([N+](=O)[O-])cc1)[C@H]1[C@H](c2ccc(Br)cc2)c2sc(=O)[nH]c2S[C@H]31. The predicted molar refractivity (Wildman–Crippen MR) is 138 cm³/mol. The number of nitro groups is 1. The van der Waals surface area contributed by atoms with Crippen molar-refractivity contribution in [1.82, 2.24) is 4.98 Å². The number of carbonyl (C=O) groups excluding carboxylic acids is 2. The molecule has 8 nitrogen and oxygen atoms in total. The number of fused-ring (bicyclic) bond motifs is 9. The van der Waals surface area contributed by atoms with Crippen molar-refractivity contribution in [3.63, 3.8) is 0 Å². The summed E-state index contributed by atoms with van der Waals surface area (Å²) in [6.07, 6.45) is 0.815. The van der Waals surface area contributed by atoms with Crippen molar-refractivity contribution < 1.29 is 14.5 Å². The summed E-state index contributed by atoms with van der Waals surface area (Å²) < 4.78 is 0.971. The Hall–Kier alpha value is -2.76. The maximum absolute atomic E-state index is 13.7. The van der Waals surface area contributed by atoms with Gasteiger partial charge in [-0.05, 0) is 54.0 Å². The number of carbonyl (C=O) groups is 2. The monoisotopic (exact) mass is 583 g/mol. The molecular weight excluding hydrogens is 566 g/mol. The van der Waals surface area contributed by atoms with Gasteiger partial charge in [-0.2, -0.15) is 0 Å². The summed E-state index contributed by atoms with van der Waals surface area (Å²) in [5, 5.41) is 12.1. The maximum Gasteiger partial charge on any atom is 0.305 e. The molecule has 2 saturated carbocycles. The molecule has 0 unspecified atom stereocenters. The third kappa shape index (κ3) is 3.02. The fourth-order valence-corrected chi connectivity index (χ4v) is 10.2. The molecule has 11 heteroatoms. The van der Waals surface area contributed by atoms with Gasteiger partial charge in [-0.15, -0.1) is 11.8 Å². The van der Waals surface area contributed by atoms with Crippen molar-refractivity contribution in [2.45, 2.75) is 22.6 Å². The lowest BCUT2D eigenvalue weighted by Gasteiger charge is -2.43. The van der Waals surface area contributed by atoms with Gasteiger partial charge in [-0.1, -0.05) is 39.4 Å². The fourth-order valence-electron chi connectivity index (χ4n) is 7.04. The first-order valence-corrected chi connectivity index (χ1v) is 14.1. The van der Waals surface area contributed by atoms with E-state index in [1.807, 2.05) is 12.1 Å². The molecule has 36 heavy (non-hydrogen) atoms. The van der Waals surface area contributed by atoms with Crippen LogP contribution in [0.5, 0.6) is 0 Å². The zero-order chi connectivity index (χ0) is 24.9. The van der Waals surface area contributed by atoms with Gasteiger partial charge < -0.3 is 4.98 Å². The quantitative estimate of drug-likeness (QED) is 0.269. The van der Waals surface area contributed by atoms with Crippen LogP contribution in [0.15, 0.2) is 62.8 Å². The number of thiazole rings is 1. The summed E-state index contributed by atoms with van der Waals surface area (Å²) in [4.78, 5) is 55.4. The van der Waals surface area contributed by atoms with E-state index in [1.54, 1.807) is 11.8 Å². The highest BCUT2D eigenvalue weighted by molar-refractivity contribution is 9.10. The van der Waals surface area contributed by atoms with Crippen molar-refractivity contribution >= 4 is 62.2 Å². The van der Waals surface area contributed by atoms with Gasteiger partial charge in [0.1, 0.15) is 0 Å². The van der Waals surface area contributed by atoms with E-state index in [0.717, 1.165) is 26.4 Å². The van der Waals surface area contributed by atoms with Crippen molar-refractivity contribution in [2.75, 3.05) is 4.90 Å². The number of H-pyrrole nitrogens is 1. The third-order valence-electron chi connectivity index (χ3n) is 8.27. The van der Waals surface area contributed by atoms with Crippen molar-refractivity contribution in [3.8, 4) is 0 Å². The second-order valence-corrected chi connectivity index (χ2v) is 12.9. The lowest BCUT2D eigenvalue weighted by Crippen LogP contribution is -2.42. The van der Waals surface area contributed by atoms with Crippen LogP contribution in [-0.4, -0.2) is 27.0 Å². The third-order valence-corrected chi connectivity index (χ3v) is 11.4. The number of thioether (sulfide) groups is 1. The van der Waals surface area contributed by atoms with Gasteiger partial charge in [0.2, 0.25) is 11.8 Å². The Morgan fingerprint density at radius 2 is 1.64 bits per heavy atom. The van der Waals surface area contributed by atoms with E-state index in [9.17, 15) is 24.5 Å².